The topological polar surface area (TPSA) is 115 Å². The van der Waals surface area contributed by atoms with E-state index in [0.717, 1.165) is 25.3 Å². The van der Waals surface area contributed by atoms with Crippen LogP contribution in [-0.2, 0) is 19.1 Å². The van der Waals surface area contributed by atoms with E-state index in [1.807, 2.05) is 40.7 Å². The predicted octanol–water partition coefficient (Wildman–Crippen LogP) is 2.44. The minimum Gasteiger partial charge on any atom is -0.468 e. The van der Waals surface area contributed by atoms with Gasteiger partial charge in [0.25, 0.3) is 0 Å². The molecule has 1 spiro atoms. The van der Waals surface area contributed by atoms with Crippen LogP contribution >= 0.6 is 0 Å². The third-order valence-electron chi connectivity index (χ3n) is 5.27. The molecule has 162 valence electrons. The van der Waals surface area contributed by atoms with Crippen molar-refractivity contribution < 1.29 is 28.6 Å². The maximum atomic E-state index is 13.7. The van der Waals surface area contributed by atoms with Crippen LogP contribution in [0.3, 0.4) is 0 Å². The van der Waals surface area contributed by atoms with E-state index in [4.69, 9.17) is 14.2 Å². The van der Waals surface area contributed by atoms with Gasteiger partial charge in [-0.05, 0) is 57.9 Å². The number of hydrogen-bond donors (Lipinski definition) is 1. The highest BCUT2D eigenvalue weighted by Gasteiger charge is 2.63. The van der Waals surface area contributed by atoms with Crippen LogP contribution in [0.15, 0.2) is 34.5 Å². The molecule has 8 nitrogen and oxygen atoms in total. The summed E-state index contributed by atoms with van der Waals surface area (Å²) in [6.07, 6.45) is 0. The van der Waals surface area contributed by atoms with E-state index in [-0.39, 0.29) is 33.7 Å². The fourth-order valence-electron chi connectivity index (χ4n) is 3.80. The molecule has 0 fully saturated rings. The van der Waals surface area contributed by atoms with Crippen LogP contribution in [0.5, 0.6) is 5.75 Å². The average molecular weight is 424 g/mol. The van der Waals surface area contributed by atoms with E-state index in [2.05, 4.69) is 5.32 Å². The number of ketones is 1. The molecular weight excluding hydrogens is 400 g/mol. The molecule has 1 aliphatic heterocycles. The van der Waals surface area contributed by atoms with Gasteiger partial charge >= 0.3 is 11.9 Å². The molecule has 1 unspecified atom stereocenters. The summed E-state index contributed by atoms with van der Waals surface area (Å²) in [6.45, 7) is 9.13. The van der Waals surface area contributed by atoms with Crippen molar-refractivity contribution in [2.75, 3.05) is 14.2 Å². The number of methoxy groups -OCH3 is 2. The summed E-state index contributed by atoms with van der Waals surface area (Å²) in [6, 6.07) is 5.32. The molecule has 1 aromatic carbocycles. The molecule has 0 amide bonds. The van der Waals surface area contributed by atoms with Gasteiger partial charge in [0.2, 0.25) is 11.4 Å². The van der Waals surface area contributed by atoms with Crippen molar-refractivity contribution in [1.82, 2.24) is 5.32 Å². The summed E-state index contributed by atoms with van der Waals surface area (Å²) in [4.78, 5) is 39.4. The zero-order valence-electron chi connectivity index (χ0n) is 18.6. The Balaban J connectivity index is 2.43. The number of Topliss-reactive ketones (excluding diaryl/α,β-unsaturated/α-hetero) is 1. The first kappa shape index (κ1) is 22.1. The van der Waals surface area contributed by atoms with E-state index in [1.165, 1.54) is 0 Å². The summed E-state index contributed by atoms with van der Waals surface area (Å²) < 4.78 is 15.9. The van der Waals surface area contributed by atoms with E-state index in [9.17, 15) is 19.6 Å². The van der Waals surface area contributed by atoms with Gasteiger partial charge in [0.05, 0.1) is 31.1 Å². The molecule has 1 heterocycles. The molecule has 0 saturated carbocycles. The van der Waals surface area contributed by atoms with Gasteiger partial charge in [0.15, 0.2) is 0 Å². The van der Waals surface area contributed by atoms with Crippen LogP contribution in [0.1, 0.15) is 42.3 Å². The number of nitrogens with zero attached hydrogens (tertiary/aromatic N) is 1. The Morgan fingerprint density at radius 3 is 2.19 bits per heavy atom. The fraction of sp³-hybridized carbons (Fsp3) is 0.391. The summed E-state index contributed by atoms with van der Waals surface area (Å²) >= 11 is 0. The van der Waals surface area contributed by atoms with Gasteiger partial charge in [0.1, 0.15) is 23.0 Å². The second kappa shape index (κ2) is 7.27. The minimum atomic E-state index is -2.14. The number of esters is 2. The summed E-state index contributed by atoms with van der Waals surface area (Å²) in [5, 5.41) is 13.2. The highest BCUT2D eigenvalue weighted by molar-refractivity contribution is 6.22. The van der Waals surface area contributed by atoms with E-state index in [1.54, 1.807) is 12.1 Å². The van der Waals surface area contributed by atoms with Gasteiger partial charge in [-0.1, -0.05) is 0 Å². The molecule has 1 aromatic rings. The van der Waals surface area contributed by atoms with Crippen LogP contribution in [0.2, 0.25) is 0 Å². The van der Waals surface area contributed by atoms with Crippen molar-refractivity contribution >= 4 is 17.7 Å². The summed E-state index contributed by atoms with van der Waals surface area (Å²) in [5.41, 5.74) is -1.63. The molecule has 31 heavy (non-hydrogen) atoms. The highest BCUT2D eigenvalue weighted by Crippen LogP contribution is 2.51. The monoisotopic (exact) mass is 424 g/mol. The molecule has 8 heteroatoms. The smallest absolute Gasteiger partial charge is 0.340 e. The van der Waals surface area contributed by atoms with E-state index >= 15 is 0 Å². The molecule has 1 aliphatic carbocycles. The van der Waals surface area contributed by atoms with Crippen molar-refractivity contribution in [3.63, 3.8) is 0 Å². The average Bonchev–Trinajstić information content (AvgIpc) is 3.11. The second-order valence-corrected chi connectivity index (χ2v) is 8.51. The predicted molar refractivity (Wildman–Crippen MR) is 110 cm³/mol. The highest BCUT2D eigenvalue weighted by atomic mass is 16.5. The Hall–Kier alpha value is -3.60. The van der Waals surface area contributed by atoms with Gasteiger partial charge < -0.3 is 19.5 Å². The van der Waals surface area contributed by atoms with Crippen molar-refractivity contribution in [2.24, 2.45) is 0 Å². The molecule has 2 aliphatic rings. The molecule has 0 aromatic heterocycles. The first-order chi connectivity index (χ1) is 14.4. The minimum absolute atomic E-state index is 0.0110. The number of rotatable bonds is 3. The Labute approximate surface area is 180 Å². The van der Waals surface area contributed by atoms with Crippen molar-refractivity contribution in [3.05, 3.63) is 51.2 Å². The summed E-state index contributed by atoms with van der Waals surface area (Å²) in [7, 11) is 2.27. The van der Waals surface area contributed by atoms with Crippen molar-refractivity contribution in [1.29, 1.82) is 5.26 Å². The van der Waals surface area contributed by atoms with E-state index in [0.29, 0.717) is 0 Å². The van der Waals surface area contributed by atoms with Crippen LogP contribution in [0, 0.1) is 25.2 Å². The van der Waals surface area contributed by atoms with Gasteiger partial charge in [-0.25, -0.2) is 9.59 Å². The second-order valence-electron chi connectivity index (χ2n) is 8.51. The van der Waals surface area contributed by atoms with Gasteiger partial charge in [-0.15, -0.1) is 0 Å². The Morgan fingerprint density at radius 2 is 1.68 bits per heavy atom. The van der Waals surface area contributed by atoms with E-state index < -0.39 is 28.9 Å². The first-order valence-corrected chi connectivity index (χ1v) is 9.62. The number of benzene rings is 1. The third kappa shape index (κ3) is 3.17. The van der Waals surface area contributed by atoms with Crippen LogP contribution < -0.4 is 10.1 Å². The lowest BCUT2D eigenvalue weighted by molar-refractivity contribution is -0.140. The standard InChI is InChI=1S/C23H24N2O6/c1-11-8-13-15(9-12(11)2)31-23(19(13)26)14(10-24)18(25-22(3,4)5)16(20(27)29-6)17(23)21(28)30-7/h8-9,25H,1-7H3. The largest absolute Gasteiger partial charge is 0.468 e. The zero-order chi connectivity index (χ0) is 23.3. The molecule has 1 atom stereocenters. The van der Waals surface area contributed by atoms with Crippen LogP contribution in [-0.4, -0.2) is 43.1 Å². The zero-order valence-corrected chi connectivity index (χ0v) is 18.6. The quantitative estimate of drug-likeness (QED) is 0.736. The lowest BCUT2D eigenvalue weighted by Gasteiger charge is -2.26. The Morgan fingerprint density at radius 1 is 1.10 bits per heavy atom. The number of carbonyl (C=O) groups is 3. The number of hydrogen-bond acceptors (Lipinski definition) is 8. The number of nitrogens with one attached hydrogen (secondary N) is 1. The number of nitriles is 1. The number of ether oxygens (including phenoxy) is 3. The molecule has 0 bridgehead atoms. The molecule has 0 saturated heterocycles. The first-order valence-electron chi connectivity index (χ1n) is 9.62. The van der Waals surface area contributed by atoms with Crippen molar-refractivity contribution in [2.45, 2.75) is 45.8 Å². The molecule has 1 N–H and O–H groups in total. The molecule has 3 rings (SSSR count). The van der Waals surface area contributed by atoms with Crippen LogP contribution in [0.4, 0.5) is 0 Å². The number of fused-ring (bicyclic) bond motifs is 1. The Kier molecular flexibility index (Phi) is 5.18. The molecular formula is C23H24N2O6. The lowest BCUT2D eigenvalue weighted by Crippen LogP contribution is -2.46. The third-order valence-corrected chi connectivity index (χ3v) is 5.27. The van der Waals surface area contributed by atoms with Crippen molar-refractivity contribution in [3.8, 4) is 11.8 Å². The fourth-order valence-corrected chi connectivity index (χ4v) is 3.80. The lowest BCUT2D eigenvalue weighted by atomic mass is 9.83. The van der Waals surface area contributed by atoms with Gasteiger partial charge in [-0.3, -0.25) is 4.79 Å². The Bertz CT molecular complexity index is 1130. The normalized spacial score (nSPS) is 19.9. The summed E-state index contributed by atoms with van der Waals surface area (Å²) in [5.74, 6) is -2.25. The number of carbonyl (C=O) groups excluding carboxylic acids is 3. The van der Waals surface area contributed by atoms with Gasteiger partial charge in [-0.2, -0.15) is 5.26 Å². The van der Waals surface area contributed by atoms with Crippen LogP contribution in [0.25, 0.3) is 0 Å². The maximum Gasteiger partial charge on any atom is 0.340 e. The van der Waals surface area contributed by atoms with Gasteiger partial charge in [0, 0.05) is 5.54 Å². The maximum absolute atomic E-state index is 13.7. The molecule has 0 radical (unpaired) electrons. The number of aryl methyl sites for hydroxylation is 2. The SMILES string of the molecule is COC(=O)C1=C(C(=O)OC)C2(Oc3cc(C)c(C)cc3C2=O)C(C#N)=C1NC(C)(C)C.